The first-order valence-corrected chi connectivity index (χ1v) is 7.55. The van der Waals surface area contributed by atoms with E-state index in [1.54, 1.807) is 0 Å². The quantitative estimate of drug-likeness (QED) is 0.714. The summed E-state index contributed by atoms with van der Waals surface area (Å²) in [5, 5.41) is 1.31. The maximum atomic E-state index is 5.13. The van der Waals surface area contributed by atoms with Crippen LogP contribution in [0.4, 0.5) is 0 Å². The molecule has 4 rings (SSSR count). The highest BCUT2D eigenvalue weighted by molar-refractivity contribution is 7.71. The van der Waals surface area contributed by atoms with Gasteiger partial charge in [-0.1, -0.05) is 12.1 Å². The number of aromatic amines is 2. The lowest BCUT2D eigenvalue weighted by Gasteiger charge is -2.28. The summed E-state index contributed by atoms with van der Waals surface area (Å²) in [7, 11) is 0. The predicted molar refractivity (Wildman–Crippen MR) is 85.5 cm³/mol. The van der Waals surface area contributed by atoms with Crippen molar-refractivity contribution < 1.29 is 0 Å². The predicted octanol–water partition coefficient (Wildman–Crippen LogP) is 3.18. The highest BCUT2D eigenvalue weighted by Crippen LogP contribution is 2.22. The first kappa shape index (κ1) is 12.7. The van der Waals surface area contributed by atoms with E-state index in [0.717, 1.165) is 26.1 Å². The fourth-order valence-electron chi connectivity index (χ4n) is 3.06. The molecule has 0 unspecified atom stereocenters. The van der Waals surface area contributed by atoms with Gasteiger partial charge in [0, 0.05) is 48.6 Å². The lowest BCUT2D eigenvalue weighted by molar-refractivity contribution is 0.242. The van der Waals surface area contributed by atoms with Crippen molar-refractivity contribution in [3.63, 3.8) is 0 Å². The summed E-state index contributed by atoms with van der Waals surface area (Å²) in [4.78, 5) is 13.1. The molecule has 3 heterocycles. The summed E-state index contributed by atoms with van der Waals surface area (Å²) in [6.07, 6.45) is 4.94. The molecule has 4 nitrogen and oxygen atoms in total. The van der Waals surface area contributed by atoms with Crippen LogP contribution < -0.4 is 0 Å². The molecule has 0 bridgehead atoms. The Bertz CT molecular complexity index is 849. The third-order valence-electron chi connectivity index (χ3n) is 4.14. The second-order valence-electron chi connectivity index (χ2n) is 5.51. The Morgan fingerprint density at radius 2 is 2.24 bits per heavy atom. The van der Waals surface area contributed by atoms with E-state index in [0.29, 0.717) is 4.77 Å². The number of nitrogens with one attached hydrogen (secondary N) is 2. The molecule has 0 fully saturated rings. The molecule has 0 saturated carbocycles. The van der Waals surface area contributed by atoms with Crippen molar-refractivity contribution in [1.29, 1.82) is 0 Å². The van der Waals surface area contributed by atoms with Crippen molar-refractivity contribution >= 4 is 23.1 Å². The minimum Gasteiger partial charge on any atom is -0.361 e. The van der Waals surface area contributed by atoms with Gasteiger partial charge >= 0.3 is 0 Å². The lowest BCUT2D eigenvalue weighted by atomic mass is 10.0. The van der Waals surface area contributed by atoms with Gasteiger partial charge in [-0.3, -0.25) is 4.90 Å². The molecule has 1 aliphatic heterocycles. The molecule has 1 aliphatic rings. The fourth-order valence-corrected chi connectivity index (χ4v) is 3.23. The van der Waals surface area contributed by atoms with E-state index >= 15 is 0 Å². The molecule has 106 valence electrons. The summed E-state index contributed by atoms with van der Waals surface area (Å²) >= 11 is 5.13. The monoisotopic (exact) mass is 296 g/mol. The van der Waals surface area contributed by atoms with Gasteiger partial charge in [-0.2, -0.15) is 0 Å². The van der Waals surface area contributed by atoms with Crippen LogP contribution in [0.25, 0.3) is 10.9 Å². The minimum atomic E-state index is 0.573. The first-order valence-electron chi connectivity index (χ1n) is 7.14. The lowest BCUT2D eigenvalue weighted by Crippen LogP contribution is -2.31. The molecule has 0 amide bonds. The Hall–Kier alpha value is -1.98. The Morgan fingerprint density at radius 1 is 1.29 bits per heavy atom. The Labute approximate surface area is 127 Å². The molecule has 0 aliphatic carbocycles. The van der Waals surface area contributed by atoms with E-state index in [-0.39, 0.29) is 0 Å². The normalized spacial score (nSPS) is 15.2. The summed E-state index contributed by atoms with van der Waals surface area (Å²) in [6.45, 7) is 2.92. The zero-order valence-electron chi connectivity index (χ0n) is 11.6. The van der Waals surface area contributed by atoms with Crippen molar-refractivity contribution in [3.05, 3.63) is 58.3 Å². The third kappa shape index (κ3) is 2.39. The summed E-state index contributed by atoms with van der Waals surface area (Å²) < 4.78 is 0.573. The van der Waals surface area contributed by atoms with Crippen LogP contribution in [0.1, 0.15) is 16.8 Å². The van der Waals surface area contributed by atoms with E-state index in [9.17, 15) is 0 Å². The molecule has 2 aromatic heterocycles. The number of fused-ring (bicyclic) bond motifs is 2. The van der Waals surface area contributed by atoms with Crippen molar-refractivity contribution in [3.8, 4) is 0 Å². The average molecular weight is 296 g/mol. The summed E-state index contributed by atoms with van der Waals surface area (Å²) in [5.74, 6) is 0. The van der Waals surface area contributed by atoms with E-state index in [1.807, 2.05) is 12.4 Å². The van der Waals surface area contributed by atoms with E-state index in [2.05, 4.69) is 44.1 Å². The zero-order chi connectivity index (χ0) is 14.2. The van der Waals surface area contributed by atoms with Crippen LogP contribution in [0.2, 0.25) is 0 Å². The highest BCUT2D eigenvalue weighted by Gasteiger charge is 2.17. The molecular formula is C16H16N4S. The van der Waals surface area contributed by atoms with Gasteiger partial charge in [-0.25, -0.2) is 4.98 Å². The van der Waals surface area contributed by atoms with Gasteiger partial charge in [0.1, 0.15) is 0 Å². The van der Waals surface area contributed by atoms with Gasteiger partial charge in [0.2, 0.25) is 0 Å². The van der Waals surface area contributed by atoms with Crippen LogP contribution in [0, 0.1) is 4.77 Å². The number of H-pyrrole nitrogens is 2. The maximum Gasteiger partial charge on any atom is 0.196 e. The number of hydrogen-bond donors (Lipinski definition) is 2. The number of aromatic nitrogens is 3. The van der Waals surface area contributed by atoms with Crippen LogP contribution in [0.15, 0.2) is 36.7 Å². The Morgan fingerprint density at radius 3 is 3.19 bits per heavy atom. The van der Waals surface area contributed by atoms with Crippen LogP contribution in [-0.4, -0.2) is 26.4 Å². The zero-order valence-corrected chi connectivity index (χ0v) is 12.4. The van der Waals surface area contributed by atoms with Crippen molar-refractivity contribution in [2.24, 2.45) is 0 Å². The second kappa shape index (κ2) is 5.09. The fraction of sp³-hybridized carbons (Fsp3) is 0.250. The van der Waals surface area contributed by atoms with Gasteiger partial charge in [-0.05, 0) is 41.9 Å². The summed E-state index contributed by atoms with van der Waals surface area (Å²) in [5.41, 5.74) is 5.07. The number of rotatable bonds is 2. The molecule has 1 aromatic carbocycles. The van der Waals surface area contributed by atoms with Crippen LogP contribution >= 0.6 is 12.2 Å². The van der Waals surface area contributed by atoms with Gasteiger partial charge in [-0.15, -0.1) is 0 Å². The minimum absolute atomic E-state index is 0.573. The van der Waals surface area contributed by atoms with Gasteiger partial charge in [0.25, 0.3) is 0 Å². The topological polar surface area (TPSA) is 47.7 Å². The maximum absolute atomic E-state index is 5.13. The van der Waals surface area contributed by atoms with E-state index in [4.69, 9.17) is 12.2 Å². The van der Waals surface area contributed by atoms with Crippen LogP contribution in [-0.2, 0) is 19.5 Å². The van der Waals surface area contributed by atoms with Crippen LogP contribution in [0.5, 0.6) is 0 Å². The second-order valence-corrected chi connectivity index (χ2v) is 5.90. The van der Waals surface area contributed by atoms with Gasteiger partial charge in [0.05, 0.1) is 0 Å². The molecule has 0 spiro atoms. The van der Waals surface area contributed by atoms with E-state index in [1.165, 1.54) is 27.7 Å². The molecule has 0 atom stereocenters. The van der Waals surface area contributed by atoms with E-state index < -0.39 is 0 Å². The standard InChI is InChI=1S/C16H16N4S/c21-16-18-8-11-5-7-20(10-15(11)19-16)9-12-2-1-3-14-13(12)4-6-17-14/h1-4,6,8,17H,5,7,9-10H2,(H,18,19,21). The number of nitrogens with zero attached hydrogens (tertiary/aromatic N) is 2. The largest absolute Gasteiger partial charge is 0.361 e. The third-order valence-corrected chi connectivity index (χ3v) is 4.35. The number of hydrogen-bond acceptors (Lipinski definition) is 3. The SMILES string of the molecule is S=c1ncc2c([nH]1)CN(Cc1cccc3[nH]ccc13)CC2. The summed E-state index contributed by atoms with van der Waals surface area (Å²) in [6, 6.07) is 8.59. The highest BCUT2D eigenvalue weighted by atomic mass is 32.1. The van der Waals surface area contributed by atoms with Crippen molar-refractivity contribution in [1.82, 2.24) is 19.9 Å². The molecule has 5 heteroatoms. The first-order chi connectivity index (χ1) is 10.3. The molecule has 21 heavy (non-hydrogen) atoms. The molecule has 2 N–H and O–H groups in total. The van der Waals surface area contributed by atoms with Crippen LogP contribution in [0.3, 0.4) is 0 Å². The molecule has 0 saturated heterocycles. The molecular weight excluding hydrogens is 280 g/mol. The Kier molecular flexibility index (Phi) is 3.09. The van der Waals surface area contributed by atoms with Crippen molar-refractivity contribution in [2.45, 2.75) is 19.5 Å². The number of benzene rings is 1. The van der Waals surface area contributed by atoms with Crippen molar-refractivity contribution in [2.75, 3.05) is 6.54 Å². The van der Waals surface area contributed by atoms with Gasteiger partial charge < -0.3 is 9.97 Å². The molecule has 0 radical (unpaired) electrons. The smallest absolute Gasteiger partial charge is 0.196 e. The van der Waals surface area contributed by atoms with Gasteiger partial charge in [0.15, 0.2) is 4.77 Å². The molecule has 3 aromatic rings. The Balaban J connectivity index is 1.61. The average Bonchev–Trinajstić information content (AvgIpc) is 2.96.